The molecule has 2 fully saturated rings. The third kappa shape index (κ3) is 2.17. The van der Waals surface area contributed by atoms with Gasteiger partial charge in [-0.2, -0.15) is 13.2 Å². The zero-order valence-corrected chi connectivity index (χ0v) is 12.1. The number of hydrogen-bond acceptors (Lipinski definition) is 3. The van der Waals surface area contributed by atoms with Crippen LogP contribution in [0, 0.1) is 29.6 Å². The summed E-state index contributed by atoms with van der Waals surface area (Å²) in [6.07, 6.45) is -0.723. The van der Waals surface area contributed by atoms with Crippen molar-refractivity contribution in [2.75, 3.05) is 6.61 Å². The summed E-state index contributed by atoms with van der Waals surface area (Å²) in [5, 5.41) is 19.1. The second-order valence-corrected chi connectivity index (χ2v) is 6.81. The average molecular weight is 320 g/mol. The van der Waals surface area contributed by atoms with E-state index in [4.69, 9.17) is 9.84 Å². The van der Waals surface area contributed by atoms with Gasteiger partial charge in [-0.25, -0.2) is 4.79 Å². The van der Waals surface area contributed by atoms with Crippen molar-refractivity contribution in [2.24, 2.45) is 29.6 Å². The maximum Gasteiger partial charge on any atom is 0.417 e. The van der Waals surface area contributed by atoms with E-state index in [1.165, 1.54) is 0 Å². The Kier molecular flexibility index (Phi) is 3.56. The third-order valence-electron chi connectivity index (χ3n) is 5.79. The number of carboxylic acids is 1. The molecule has 0 heterocycles. The molecule has 7 unspecified atom stereocenters. The molecule has 3 rings (SSSR count). The van der Waals surface area contributed by atoms with E-state index < -0.39 is 36.4 Å². The molecule has 22 heavy (non-hydrogen) atoms. The normalized spacial score (nSPS) is 42.4. The summed E-state index contributed by atoms with van der Waals surface area (Å²) in [7, 11) is 0. The minimum absolute atomic E-state index is 0.0325. The van der Waals surface area contributed by atoms with Gasteiger partial charge in [0.15, 0.2) is 5.60 Å². The molecule has 7 heteroatoms. The number of carbonyl (C=O) groups is 1. The first kappa shape index (κ1) is 15.8. The van der Waals surface area contributed by atoms with Crippen LogP contribution < -0.4 is 0 Å². The number of ether oxygens (including phenoxy) is 1. The number of carboxylic acid groups (broad SMARTS) is 1. The lowest BCUT2D eigenvalue weighted by Gasteiger charge is -2.39. The first-order valence-electron chi connectivity index (χ1n) is 7.44. The Morgan fingerprint density at radius 1 is 1.27 bits per heavy atom. The van der Waals surface area contributed by atoms with E-state index in [1.807, 2.05) is 12.2 Å². The molecule has 0 aliphatic heterocycles. The molecule has 3 aliphatic carbocycles. The van der Waals surface area contributed by atoms with E-state index in [1.54, 1.807) is 0 Å². The minimum Gasteiger partial charge on any atom is -0.480 e. The van der Waals surface area contributed by atoms with Crippen LogP contribution in [0.5, 0.6) is 0 Å². The van der Waals surface area contributed by atoms with Gasteiger partial charge in [0.2, 0.25) is 0 Å². The molecule has 7 atom stereocenters. The summed E-state index contributed by atoms with van der Waals surface area (Å²) in [6.45, 7) is -0.167. The summed E-state index contributed by atoms with van der Waals surface area (Å²) in [5.74, 6) is -2.37. The first-order valence-corrected chi connectivity index (χ1v) is 7.44. The van der Waals surface area contributed by atoms with Gasteiger partial charge < -0.3 is 14.9 Å². The average Bonchev–Trinajstić information content (AvgIpc) is 3.07. The number of halogens is 3. The Morgan fingerprint density at radius 2 is 1.91 bits per heavy atom. The Bertz CT molecular complexity index is 504. The molecular formula is C15H19F3O4. The van der Waals surface area contributed by atoms with Crippen molar-refractivity contribution in [1.29, 1.82) is 0 Å². The van der Waals surface area contributed by atoms with Crippen LogP contribution in [0.15, 0.2) is 12.2 Å². The molecule has 0 aromatic rings. The fourth-order valence-corrected chi connectivity index (χ4v) is 4.66. The van der Waals surface area contributed by atoms with Gasteiger partial charge in [-0.05, 0) is 43.4 Å². The van der Waals surface area contributed by atoms with E-state index in [0.717, 1.165) is 13.3 Å². The lowest BCUT2D eigenvalue weighted by Crippen LogP contribution is -2.54. The van der Waals surface area contributed by atoms with Gasteiger partial charge in [0.05, 0.1) is 6.10 Å². The van der Waals surface area contributed by atoms with Crippen molar-refractivity contribution in [3.63, 3.8) is 0 Å². The van der Waals surface area contributed by atoms with E-state index in [9.17, 15) is 23.1 Å². The molecule has 0 aromatic carbocycles. The molecule has 0 amide bonds. The van der Waals surface area contributed by atoms with Gasteiger partial charge in [-0.15, -0.1) is 0 Å². The minimum atomic E-state index is -4.74. The molecular weight excluding hydrogens is 301 g/mol. The van der Waals surface area contributed by atoms with Gasteiger partial charge in [0.25, 0.3) is 0 Å². The largest absolute Gasteiger partial charge is 0.480 e. The number of alkyl halides is 3. The summed E-state index contributed by atoms with van der Waals surface area (Å²) < 4.78 is 45.3. The Morgan fingerprint density at radius 3 is 2.45 bits per heavy atom. The number of aliphatic hydroxyl groups excluding tert-OH is 1. The van der Waals surface area contributed by atoms with Crippen LogP contribution in [0.3, 0.4) is 0 Å². The van der Waals surface area contributed by atoms with Crippen LogP contribution in [-0.4, -0.2) is 40.7 Å². The highest BCUT2D eigenvalue weighted by Crippen LogP contribution is 2.60. The molecule has 124 valence electrons. The maximum absolute atomic E-state index is 13.5. The fraction of sp³-hybridized carbons (Fsp3) is 0.800. The van der Waals surface area contributed by atoms with Crippen molar-refractivity contribution < 1.29 is 32.9 Å². The van der Waals surface area contributed by atoms with Crippen LogP contribution in [0.4, 0.5) is 13.2 Å². The van der Waals surface area contributed by atoms with E-state index in [-0.39, 0.29) is 30.1 Å². The summed E-state index contributed by atoms with van der Waals surface area (Å²) in [6, 6.07) is 0. The fourth-order valence-electron chi connectivity index (χ4n) is 4.66. The summed E-state index contributed by atoms with van der Waals surface area (Å²) in [5.41, 5.74) is -2.64. The Labute approximate surface area is 126 Å². The second-order valence-electron chi connectivity index (χ2n) is 6.81. The quantitative estimate of drug-likeness (QED) is 0.780. The van der Waals surface area contributed by atoms with Gasteiger partial charge >= 0.3 is 12.1 Å². The van der Waals surface area contributed by atoms with Gasteiger partial charge in [0, 0.05) is 5.92 Å². The van der Waals surface area contributed by atoms with Crippen molar-refractivity contribution in [3.8, 4) is 0 Å². The highest BCUT2D eigenvalue weighted by molar-refractivity contribution is 5.68. The summed E-state index contributed by atoms with van der Waals surface area (Å²) in [4.78, 5) is 10.6. The third-order valence-corrected chi connectivity index (χ3v) is 5.79. The standard InChI is InChI=1S/C15H19F3O4/c1-14(15(16,17)18,22-6-11(19)20)10-5-9-7-2-3-8(4-7)12(9)13(10)21/h2-3,7-10,12-13,21H,4-6H2,1H3,(H,19,20). The molecule has 0 spiro atoms. The molecule has 2 bridgehead atoms. The zero-order chi connectivity index (χ0) is 16.3. The number of aliphatic hydroxyl groups is 1. The predicted molar refractivity (Wildman–Crippen MR) is 69.9 cm³/mol. The highest BCUT2D eigenvalue weighted by atomic mass is 19.4. The second kappa shape index (κ2) is 4.96. The van der Waals surface area contributed by atoms with Crippen LogP contribution >= 0.6 is 0 Å². The number of aliphatic carboxylic acids is 1. The molecule has 3 aliphatic rings. The van der Waals surface area contributed by atoms with E-state index >= 15 is 0 Å². The number of rotatable bonds is 4. The van der Waals surface area contributed by atoms with Crippen molar-refractivity contribution in [1.82, 2.24) is 0 Å². The number of allylic oxidation sites excluding steroid dienone is 2. The Hall–Kier alpha value is -1.08. The lowest BCUT2D eigenvalue weighted by molar-refractivity contribution is -0.296. The molecule has 2 saturated carbocycles. The molecule has 2 N–H and O–H groups in total. The van der Waals surface area contributed by atoms with Crippen LogP contribution in [-0.2, 0) is 9.53 Å². The van der Waals surface area contributed by atoms with E-state index in [2.05, 4.69) is 0 Å². The maximum atomic E-state index is 13.5. The van der Waals surface area contributed by atoms with Crippen LogP contribution in [0.25, 0.3) is 0 Å². The first-order chi connectivity index (χ1) is 10.1. The van der Waals surface area contributed by atoms with Gasteiger partial charge in [-0.3, -0.25) is 0 Å². The van der Waals surface area contributed by atoms with E-state index in [0.29, 0.717) is 0 Å². The van der Waals surface area contributed by atoms with Gasteiger partial charge in [0.1, 0.15) is 6.61 Å². The number of fused-ring (bicyclic) bond motifs is 5. The zero-order valence-electron chi connectivity index (χ0n) is 12.1. The predicted octanol–water partition coefficient (Wildman–Crippen LogP) is 2.23. The monoisotopic (exact) mass is 320 g/mol. The number of hydrogen-bond donors (Lipinski definition) is 2. The summed E-state index contributed by atoms with van der Waals surface area (Å²) >= 11 is 0. The van der Waals surface area contributed by atoms with Crippen LogP contribution in [0.1, 0.15) is 19.8 Å². The highest BCUT2D eigenvalue weighted by Gasteiger charge is 2.66. The SMILES string of the molecule is CC(OCC(=O)O)(C1CC2C3C=CC(C3)C2C1O)C(F)(F)F. The topological polar surface area (TPSA) is 66.8 Å². The molecule has 0 saturated heterocycles. The lowest BCUT2D eigenvalue weighted by atomic mass is 9.81. The van der Waals surface area contributed by atoms with Crippen molar-refractivity contribution in [3.05, 3.63) is 12.2 Å². The van der Waals surface area contributed by atoms with Gasteiger partial charge in [-0.1, -0.05) is 12.2 Å². The smallest absolute Gasteiger partial charge is 0.417 e. The molecule has 4 nitrogen and oxygen atoms in total. The van der Waals surface area contributed by atoms with Crippen LogP contribution in [0.2, 0.25) is 0 Å². The van der Waals surface area contributed by atoms with Crippen molar-refractivity contribution >= 4 is 5.97 Å². The molecule has 0 aromatic heterocycles. The Balaban J connectivity index is 1.85. The van der Waals surface area contributed by atoms with Crippen molar-refractivity contribution in [2.45, 2.75) is 37.6 Å². The molecule has 0 radical (unpaired) electrons.